The SMILES string of the molecule is Cc1ccc(C(=O)Nc2ccc(C(Cn3cccn3)OC(N)=O)nc2)c(OC(C)C)c1. The van der Waals surface area contributed by atoms with Crippen LogP contribution in [0.2, 0.25) is 0 Å². The summed E-state index contributed by atoms with van der Waals surface area (Å²) in [5.74, 6) is 0.206. The lowest BCUT2D eigenvalue weighted by molar-refractivity contribution is 0.0909. The standard InChI is InChI=1S/C22H25N5O4/c1-14(2)30-19-11-15(3)5-7-17(19)21(28)26-16-6-8-18(24-12-16)20(31-22(23)29)13-27-10-4-9-25-27/h4-12,14,20H,13H2,1-3H3,(H2,23,29)(H,26,28). The Labute approximate surface area is 180 Å². The predicted molar refractivity (Wildman–Crippen MR) is 115 cm³/mol. The monoisotopic (exact) mass is 423 g/mol. The molecule has 31 heavy (non-hydrogen) atoms. The summed E-state index contributed by atoms with van der Waals surface area (Å²) in [7, 11) is 0. The Bertz CT molecular complexity index is 1030. The Hall–Kier alpha value is -3.88. The van der Waals surface area contributed by atoms with E-state index in [4.69, 9.17) is 15.2 Å². The number of hydrogen-bond acceptors (Lipinski definition) is 6. The van der Waals surface area contributed by atoms with Crippen LogP contribution in [0.25, 0.3) is 0 Å². The van der Waals surface area contributed by atoms with Crippen molar-refractivity contribution in [3.63, 3.8) is 0 Å². The zero-order valence-electron chi connectivity index (χ0n) is 17.6. The Kier molecular flexibility index (Phi) is 6.86. The lowest BCUT2D eigenvalue weighted by Gasteiger charge is -2.17. The van der Waals surface area contributed by atoms with Gasteiger partial charge in [-0.05, 0) is 56.7 Å². The summed E-state index contributed by atoms with van der Waals surface area (Å²) in [6.07, 6.45) is 3.16. The number of amides is 2. The van der Waals surface area contributed by atoms with Crippen molar-refractivity contribution >= 4 is 17.7 Å². The van der Waals surface area contributed by atoms with Crippen LogP contribution in [0.3, 0.4) is 0 Å². The summed E-state index contributed by atoms with van der Waals surface area (Å²) in [6, 6.07) is 10.5. The first-order valence-corrected chi connectivity index (χ1v) is 9.80. The van der Waals surface area contributed by atoms with Gasteiger partial charge >= 0.3 is 6.09 Å². The van der Waals surface area contributed by atoms with Crippen LogP contribution >= 0.6 is 0 Å². The number of hydrogen-bond donors (Lipinski definition) is 2. The normalized spacial score (nSPS) is 11.7. The minimum atomic E-state index is -0.909. The van der Waals surface area contributed by atoms with E-state index in [1.165, 1.54) is 6.20 Å². The van der Waals surface area contributed by atoms with Crippen LogP contribution in [-0.4, -0.2) is 32.9 Å². The van der Waals surface area contributed by atoms with E-state index in [0.29, 0.717) is 22.7 Å². The van der Waals surface area contributed by atoms with Crippen LogP contribution in [0.1, 0.15) is 41.6 Å². The molecule has 2 amide bonds. The topological polar surface area (TPSA) is 121 Å². The number of benzene rings is 1. The fourth-order valence-electron chi connectivity index (χ4n) is 2.95. The number of carbonyl (C=O) groups excluding carboxylic acids is 2. The quantitative estimate of drug-likeness (QED) is 0.572. The van der Waals surface area contributed by atoms with Gasteiger partial charge in [-0.1, -0.05) is 6.07 Å². The molecule has 0 aliphatic rings. The molecule has 3 aromatic rings. The molecule has 0 aliphatic heterocycles. The molecule has 9 heteroatoms. The molecule has 1 atom stereocenters. The highest BCUT2D eigenvalue weighted by molar-refractivity contribution is 6.06. The van der Waals surface area contributed by atoms with Crippen LogP contribution in [0.4, 0.5) is 10.5 Å². The minimum absolute atomic E-state index is 0.0636. The average molecular weight is 423 g/mol. The van der Waals surface area contributed by atoms with E-state index in [-0.39, 0.29) is 18.6 Å². The summed E-state index contributed by atoms with van der Waals surface area (Å²) >= 11 is 0. The van der Waals surface area contributed by atoms with Gasteiger partial charge in [-0.25, -0.2) is 4.79 Å². The maximum Gasteiger partial charge on any atom is 0.405 e. The summed E-state index contributed by atoms with van der Waals surface area (Å²) in [5, 5.41) is 6.91. The number of nitrogens with two attached hydrogens (primary N) is 1. The fraction of sp³-hybridized carbons (Fsp3) is 0.273. The zero-order valence-corrected chi connectivity index (χ0v) is 17.6. The van der Waals surface area contributed by atoms with Gasteiger partial charge in [0.2, 0.25) is 0 Å². The van der Waals surface area contributed by atoms with Crippen molar-refractivity contribution in [3.8, 4) is 5.75 Å². The Balaban J connectivity index is 1.75. The largest absolute Gasteiger partial charge is 0.490 e. The van der Waals surface area contributed by atoms with E-state index in [1.807, 2.05) is 32.9 Å². The number of primary amides is 1. The van der Waals surface area contributed by atoms with E-state index >= 15 is 0 Å². The highest BCUT2D eigenvalue weighted by atomic mass is 16.6. The summed E-state index contributed by atoms with van der Waals surface area (Å²) in [4.78, 5) is 28.4. The van der Waals surface area contributed by atoms with Gasteiger partial charge in [0.25, 0.3) is 5.91 Å². The molecule has 0 bridgehead atoms. The summed E-state index contributed by atoms with van der Waals surface area (Å²) in [6.45, 7) is 6.00. The van der Waals surface area contributed by atoms with E-state index in [2.05, 4.69) is 15.4 Å². The molecule has 0 saturated carbocycles. The maximum atomic E-state index is 12.8. The van der Waals surface area contributed by atoms with E-state index in [1.54, 1.807) is 41.3 Å². The smallest absolute Gasteiger partial charge is 0.405 e. The second-order valence-electron chi connectivity index (χ2n) is 7.25. The highest BCUT2D eigenvalue weighted by Crippen LogP contribution is 2.24. The van der Waals surface area contributed by atoms with Crippen molar-refractivity contribution < 1.29 is 19.1 Å². The van der Waals surface area contributed by atoms with Gasteiger partial charge in [0.1, 0.15) is 5.75 Å². The van der Waals surface area contributed by atoms with Crippen molar-refractivity contribution in [2.75, 3.05) is 5.32 Å². The lowest BCUT2D eigenvalue weighted by atomic mass is 10.1. The Morgan fingerprint density at radius 2 is 2.03 bits per heavy atom. The number of pyridine rings is 1. The van der Waals surface area contributed by atoms with E-state index in [0.717, 1.165) is 5.56 Å². The second kappa shape index (κ2) is 9.75. The van der Waals surface area contributed by atoms with Crippen molar-refractivity contribution in [1.82, 2.24) is 14.8 Å². The van der Waals surface area contributed by atoms with Crippen LogP contribution in [0, 0.1) is 6.92 Å². The van der Waals surface area contributed by atoms with Crippen molar-refractivity contribution in [1.29, 1.82) is 0 Å². The van der Waals surface area contributed by atoms with Gasteiger partial charge in [0.15, 0.2) is 6.10 Å². The molecule has 1 aromatic carbocycles. The van der Waals surface area contributed by atoms with Gasteiger partial charge in [-0.3, -0.25) is 14.5 Å². The molecule has 2 aromatic heterocycles. The van der Waals surface area contributed by atoms with Crippen LogP contribution < -0.4 is 15.8 Å². The molecule has 1 unspecified atom stereocenters. The van der Waals surface area contributed by atoms with Crippen molar-refractivity contribution in [3.05, 3.63) is 71.8 Å². The van der Waals surface area contributed by atoms with Crippen LogP contribution in [0.5, 0.6) is 5.75 Å². The van der Waals surface area contributed by atoms with Gasteiger partial charge in [0.05, 0.1) is 35.8 Å². The molecule has 3 N–H and O–H groups in total. The number of rotatable bonds is 8. The lowest BCUT2D eigenvalue weighted by Crippen LogP contribution is -2.22. The molecule has 0 spiro atoms. The third kappa shape index (κ3) is 6.05. The molecule has 0 radical (unpaired) electrons. The third-order valence-electron chi connectivity index (χ3n) is 4.29. The number of aromatic nitrogens is 3. The van der Waals surface area contributed by atoms with E-state index < -0.39 is 12.2 Å². The first kappa shape index (κ1) is 21.8. The summed E-state index contributed by atoms with van der Waals surface area (Å²) in [5.41, 5.74) is 7.58. The third-order valence-corrected chi connectivity index (χ3v) is 4.29. The number of anilines is 1. The number of nitrogens with zero attached hydrogens (tertiary/aromatic N) is 3. The predicted octanol–water partition coefficient (Wildman–Crippen LogP) is 3.46. The Morgan fingerprint density at radius 3 is 2.65 bits per heavy atom. The highest BCUT2D eigenvalue weighted by Gasteiger charge is 2.19. The van der Waals surface area contributed by atoms with Crippen molar-refractivity contribution in [2.45, 2.75) is 39.5 Å². The fourth-order valence-corrected chi connectivity index (χ4v) is 2.95. The molecule has 3 rings (SSSR count). The van der Waals surface area contributed by atoms with Crippen LogP contribution in [0.15, 0.2) is 55.0 Å². The Morgan fingerprint density at radius 1 is 1.23 bits per heavy atom. The van der Waals surface area contributed by atoms with E-state index in [9.17, 15) is 9.59 Å². The first-order valence-electron chi connectivity index (χ1n) is 9.80. The molecular formula is C22H25N5O4. The average Bonchev–Trinajstić information content (AvgIpc) is 3.20. The number of ether oxygens (including phenoxy) is 2. The van der Waals surface area contributed by atoms with Crippen LogP contribution in [-0.2, 0) is 11.3 Å². The number of aryl methyl sites for hydroxylation is 1. The van der Waals surface area contributed by atoms with Gasteiger partial charge in [0, 0.05) is 12.4 Å². The minimum Gasteiger partial charge on any atom is -0.490 e. The number of nitrogens with one attached hydrogen (secondary N) is 1. The van der Waals surface area contributed by atoms with Gasteiger partial charge in [-0.15, -0.1) is 0 Å². The van der Waals surface area contributed by atoms with Gasteiger partial charge < -0.3 is 20.5 Å². The number of carbonyl (C=O) groups is 2. The second-order valence-corrected chi connectivity index (χ2v) is 7.25. The molecule has 9 nitrogen and oxygen atoms in total. The van der Waals surface area contributed by atoms with Crippen molar-refractivity contribution in [2.24, 2.45) is 5.73 Å². The van der Waals surface area contributed by atoms with Gasteiger partial charge in [-0.2, -0.15) is 5.10 Å². The first-order chi connectivity index (χ1) is 14.8. The maximum absolute atomic E-state index is 12.8. The molecular weight excluding hydrogens is 398 g/mol. The molecule has 0 saturated heterocycles. The molecule has 0 fully saturated rings. The molecule has 2 heterocycles. The zero-order chi connectivity index (χ0) is 22.4. The summed E-state index contributed by atoms with van der Waals surface area (Å²) < 4.78 is 12.6. The molecule has 162 valence electrons. The molecule has 0 aliphatic carbocycles.